The molecule has 63 heavy (non-hydrogen) atoms. The first-order valence-electron chi connectivity index (χ1n) is 16.6. The van der Waals surface area contributed by atoms with E-state index in [0.717, 1.165) is 23.2 Å². The third-order valence-electron chi connectivity index (χ3n) is 9.62. The molecule has 326 valence electrons. The molecule has 0 amide bonds. The second kappa shape index (κ2) is 16.7. The highest BCUT2D eigenvalue weighted by molar-refractivity contribution is 7.20. The van der Waals surface area contributed by atoms with E-state index in [4.69, 9.17) is 9.68 Å². The van der Waals surface area contributed by atoms with Crippen LogP contribution in [0.5, 0.6) is 0 Å². The fourth-order valence-electron chi connectivity index (χ4n) is 6.85. The van der Waals surface area contributed by atoms with Gasteiger partial charge in [-0.25, -0.2) is 87.8 Å². The Kier molecular flexibility index (Phi) is 12.0. The summed E-state index contributed by atoms with van der Waals surface area (Å²) in [6.07, 6.45) is -5.49. The first-order chi connectivity index (χ1) is 29.6. The van der Waals surface area contributed by atoms with Crippen LogP contribution < -0.4 is 26.4 Å². The van der Waals surface area contributed by atoms with Crippen molar-refractivity contribution in [3.05, 3.63) is 182 Å². The lowest BCUT2D eigenvalue weighted by molar-refractivity contribution is -0.667. The number of fused-ring (bicyclic) bond motifs is 1. The van der Waals surface area contributed by atoms with Crippen molar-refractivity contribution in [1.29, 1.82) is 5.26 Å². The van der Waals surface area contributed by atoms with Crippen LogP contribution in [0.25, 0.3) is 11.1 Å². The van der Waals surface area contributed by atoms with Crippen LogP contribution in [0.1, 0.15) is 11.1 Å². The van der Waals surface area contributed by atoms with E-state index in [9.17, 15) is 52.7 Å². The lowest BCUT2D eigenvalue weighted by Gasteiger charge is -2.44. The van der Waals surface area contributed by atoms with Crippen molar-refractivity contribution < 1.29 is 96.8 Å². The molecular formula is C39H11BF20N2O. The van der Waals surface area contributed by atoms with E-state index in [1.54, 1.807) is 6.39 Å². The van der Waals surface area contributed by atoms with Crippen LogP contribution in [-0.2, 0) is 6.54 Å². The van der Waals surface area contributed by atoms with Crippen molar-refractivity contribution in [2.45, 2.75) is 6.54 Å². The molecule has 0 atom stereocenters. The summed E-state index contributed by atoms with van der Waals surface area (Å²) in [5.74, 6) is -71.4. The minimum atomic E-state index is -7.22. The SMILES string of the molecule is Fc1c(F)c(F)c([B-](c2c(F)c(F)c(F)c(F)c2F)(c2c(F)c(F)c(F)c(F)c2F)c2c(F)c(F)c(F)c(F)c2F)c(F)c1F.N#Cc1ccc(C[n+]2coc3ccccc32)cc1. The zero-order valence-electron chi connectivity index (χ0n) is 29.8. The number of hydrogen-bond acceptors (Lipinski definition) is 2. The maximum atomic E-state index is 15.4. The molecule has 1 aromatic heterocycles. The number of aromatic nitrogens is 1. The number of para-hydroxylation sites is 2. The van der Waals surface area contributed by atoms with Crippen molar-refractivity contribution >= 4 is 39.1 Å². The molecule has 3 nitrogen and oxygen atoms in total. The zero-order chi connectivity index (χ0) is 46.7. The van der Waals surface area contributed by atoms with E-state index in [-0.39, 0.29) is 0 Å². The van der Waals surface area contributed by atoms with Crippen molar-refractivity contribution in [3.63, 3.8) is 0 Å². The van der Waals surface area contributed by atoms with Gasteiger partial charge in [-0.05, 0) is 18.2 Å². The molecule has 0 saturated carbocycles. The van der Waals surface area contributed by atoms with E-state index < -0.39 is 144 Å². The van der Waals surface area contributed by atoms with E-state index in [1.807, 2.05) is 48.5 Å². The normalized spacial score (nSPS) is 11.5. The average Bonchev–Trinajstić information content (AvgIpc) is 3.69. The minimum absolute atomic E-state index is 0.681. The standard InChI is InChI=1S/C24BF20.C15H11N2O/c26-5-1(6(27)14(35)21(42)13(5)34)25(2-7(28)15(36)22(43)16(37)8(2)29,3-9(30)17(38)23(44)18(39)10(3)31)4-11(32)19(40)24(45)20(41)12(4)33;16-9-12-5-7-13(8-6-12)10-17-11-18-15-4-2-1-3-14(15)17/h;1-8,11H,10H2/q-1;+1. The Morgan fingerprint density at radius 1 is 0.397 bits per heavy atom. The lowest BCUT2D eigenvalue weighted by Crippen LogP contribution is -2.81. The summed E-state index contributed by atoms with van der Waals surface area (Å²) in [6.45, 7) is 0.739. The number of halogens is 20. The summed E-state index contributed by atoms with van der Waals surface area (Å²) in [5, 5.41) is 8.76. The Morgan fingerprint density at radius 2 is 0.683 bits per heavy atom. The fourth-order valence-corrected chi connectivity index (χ4v) is 6.85. The predicted octanol–water partition coefficient (Wildman–Crippen LogP) is 8.49. The molecule has 7 aromatic rings. The average molecular weight is 914 g/mol. The first kappa shape index (κ1) is 45.5. The molecule has 0 radical (unpaired) electrons. The summed E-state index contributed by atoms with van der Waals surface area (Å²) in [7, 11) is 0. The van der Waals surface area contributed by atoms with Crippen LogP contribution in [0.3, 0.4) is 0 Å². The molecule has 0 N–H and O–H groups in total. The summed E-state index contributed by atoms with van der Waals surface area (Å²) < 4.78 is 301. The summed E-state index contributed by atoms with van der Waals surface area (Å²) in [4.78, 5) is 0. The first-order valence-corrected chi connectivity index (χ1v) is 16.6. The van der Waals surface area contributed by atoms with Crippen LogP contribution in [0.2, 0.25) is 0 Å². The number of oxazole rings is 1. The topological polar surface area (TPSA) is 40.8 Å². The zero-order valence-corrected chi connectivity index (χ0v) is 29.8. The molecule has 0 bridgehead atoms. The maximum Gasteiger partial charge on any atom is 0.335 e. The molecule has 0 unspecified atom stereocenters. The minimum Gasteiger partial charge on any atom is -0.404 e. The quantitative estimate of drug-likeness (QED) is 0.0553. The lowest BCUT2D eigenvalue weighted by atomic mass is 9.12. The highest BCUT2D eigenvalue weighted by Crippen LogP contribution is 2.31. The van der Waals surface area contributed by atoms with Crippen LogP contribution in [-0.4, -0.2) is 6.15 Å². The highest BCUT2D eigenvalue weighted by Gasteiger charge is 2.52. The van der Waals surface area contributed by atoms with Crippen LogP contribution >= 0.6 is 0 Å². The molecule has 1 heterocycles. The second-order valence-electron chi connectivity index (χ2n) is 12.9. The molecular weight excluding hydrogens is 903 g/mol. The molecule has 24 heteroatoms. The van der Waals surface area contributed by atoms with Gasteiger partial charge in [0.15, 0.2) is 76.4 Å². The van der Waals surface area contributed by atoms with Crippen molar-refractivity contribution in [2.24, 2.45) is 0 Å². The van der Waals surface area contributed by atoms with E-state index in [1.165, 1.54) is 0 Å². The monoisotopic (exact) mass is 914 g/mol. The third-order valence-corrected chi connectivity index (χ3v) is 9.62. The molecule has 0 spiro atoms. The molecule has 6 aromatic carbocycles. The number of hydrogen-bond donors (Lipinski definition) is 0. The van der Waals surface area contributed by atoms with E-state index in [2.05, 4.69) is 10.6 Å². The predicted molar refractivity (Wildman–Crippen MR) is 176 cm³/mol. The smallest absolute Gasteiger partial charge is 0.335 e. The van der Waals surface area contributed by atoms with Crippen LogP contribution in [0.4, 0.5) is 87.8 Å². The Balaban J connectivity index is 0.000000302. The number of rotatable bonds is 6. The summed E-state index contributed by atoms with van der Waals surface area (Å²) >= 11 is 0. The van der Waals surface area contributed by atoms with Crippen molar-refractivity contribution in [2.75, 3.05) is 0 Å². The van der Waals surface area contributed by atoms with Gasteiger partial charge in [-0.3, -0.25) is 0 Å². The Morgan fingerprint density at radius 3 is 0.984 bits per heavy atom. The maximum absolute atomic E-state index is 15.4. The molecule has 0 fully saturated rings. The van der Waals surface area contributed by atoms with Gasteiger partial charge in [0, 0.05) is 11.6 Å². The number of nitriles is 1. The van der Waals surface area contributed by atoms with Gasteiger partial charge >= 0.3 is 6.39 Å². The Hall–Kier alpha value is -7.06. The van der Waals surface area contributed by atoms with Gasteiger partial charge < -0.3 is 4.42 Å². The largest absolute Gasteiger partial charge is 0.404 e. The number of benzene rings is 6. The third kappa shape index (κ3) is 6.94. The van der Waals surface area contributed by atoms with E-state index >= 15 is 35.1 Å². The van der Waals surface area contributed by atoms with Crippen LogP contribution in [0, 0.1) is 128 Å². The number of nitrogens with zero attached hydrogens (tertiary/aromatic N) is 2. The fraction of sp³-hybridized carbons (Fsp3) is 0.0256. The molecule has 0 aliphatic rings. The summed E-state index contributed by atoms with van der Waals surface area (Å²) in [6, 6.07) is 17.6. The van der Waals surface area contributed by atoms with Gasteiger partial charge in [0.1, 0.15) is 52.7 Å². The summed E-state index contributed by atoms with van der Waals surface area (Å²) in [5.41, 5.74) is -10.6. The molecule has 7 rings (SSSR count). The molecule has 0 saturated heterocycles. The van der Waals surface area contributed by atoms with E-state index in [0.29, 0.717) is 5.56 Å². The Labute approximate surface area is 336 Å². The van der Waals surface area contributed by atoms with Crippen molar-refractivity contribution in [3.8, 4) is 6.07 Å². The van der Waals surface area contributed by atoms with Gasteiger partial charge in [0.25, 0.3) is 5.52 Å². The highest BCUT2D eigenvalue weighted by atomic mass is 19.2. The molecule has 0 aliphatic carbocycles. The van der Waals surface area contributed by atoms with Gasteiger partial charge in [-0.2, -0.15) is 9.83 Å². The second-order valence-corrected chi connectivity index (χ2v) is 12.9. The van der Waals surface area contributed by atoms with Gasteiger partial charge in [-0.15, -0.1) is 21.9 Å². The van der Waals surface area contributed by atoms with Gasteiger partial charge in [-0.1, -0.05) is 24.3 Å². The van der Waals surface area contributed by atoms with Crippen LogP contribution in [0.15, 0.2) is 59.3 Å². The van der Waals surface area contributed by atoms with Gasteiger partial charge in [0.05, 0.1) is 11.6 Å². The van der Waals surface area contributed by atoms with Gasteiger partial charge in [0.2, 0.25) is 5.58 Å². The Bertz CT molecular complexity index is 2680. The molecule has 0 aliphatic heterocycles. The van der Waals surface area contributed by atoms with Crippen molar-refractivity contribution in [1.82, 2.24) is 0 Å².